The van der Waals surface area contributed by atoms with E-state index < -0.39 is 43.5 Å². The van der Waals surface area contributed by atoms with Crippen LogP contribution in [0.2, 0.25) is 10.0 Å². The number of alkyl halides is 6. The van der Waals surface area contributed by atoms with Gasteiger partial charge in [0.05, 0.1) is 21.2 Å². The van der Waals surface area contributed by atoms with E-state index in [1.165, 1.54) is 48.5 Å². The standard InChI is InChI=1S/2C22H24ClF3N4O3S.2ClH.H2O/c2*23-19-11-15-14-30(21(31)18(15)13-20(19)34(27,32)33)6-2-5-28-7-9-29(10-8-28)17-4-1-3-16(12-17)22(24,25)26;;;/h2*1,3-4,11-13H,2,5-10,14H2,(H2,27,32,33);2*1H;1H2. The number of anilines is 2. The van der Waals surface area contributed by atoms with Crippen molar-refractivity contribution in [3.8, 4) is 0 Å². The number of nitrogens with zero attached hydrogens (tertiary/aromatic N) is 6. The molecule has 4 aromatic carbocycles. The van der Waals surface area contributed by atoms with Crippen molar-refractivity contribution in [3.05, 3.63) is 116 Å². The molecule has 6 N–H and O–H groups in total. The minimum absolute atomic E-state index is 0. The van der Waals surface area contributed by atoms with Gasteiger partial charge in [-0.25, -0.2) is 27.1 Å². The van der Waals surface area contributed by atoms with E-state index in [0.29, 0.717) is 125 Å². The summed E-state index contributed by atoms with van der Waals surface area (Å²) in [5, 5.41) is 10.3. The second kappa shape index (κ2) is 23.8. The zero-order valence-electron chi connectivity index (χ0n) is 37.7. The number of fused-ring (bicyclic) bond motifs is 2. The highest BCUT2D eigenvalue weighted by atomic mass is 35.5. The Labute approximate surface area is 429 Å². The molecule has 0 aromatic heterocycles. The molecule has 4 heterocycles. The Morgan fingerprint density at radius 3 is 1.17 bits per heavy atom. The summed E-state index contributed by atoms with van der Waals surface area (Å²) < 4.78 is 125. The maximum absolute atomic E-state index is 13.0. The van der Waals surface area contributed by atoms with Crippen LogP contribution < -0.4 is 20.1 Å². The van der Waals surface area contributed by atoms with Gasteiger partial charge in [-0.1, -0.05) is 35.3 Å². The Kier molecular flexibility index (Phi) is 19.9. The molecule has 2 saturated heterocycles. The third-order valence-corrected chi connectivity index (χ3v) is 15.1. The summed E-state index contributed by atoms with van der Waals surface area (Å²) in [4.78, 5) is 36.5. The van der Waals surface area contributed by atoms with Crippen molar-refractivity contribution in [2.75, 3.05) is 88.3 Å². The van der Waals surface area contributed by atoms with E-state index in [4.69, 9.17) is 33.5 Å². The fraction of sp³-hybridized carbons (Fsp3) is 0.409. The normalized spacial score (nSPS) is 16.6. The Morgan fingerprint density at radius 2 is 0.859 bits per heavy atom. The number of nitrogens with two attached hydrogens (primary N) is 2. The van der Waals surface area contributed by atoms with E-state index in [1.54, 1.807) is 21.9 Å². The lowest BCUT2D eigenvalue weighted by molar-refractivity contribution is -0.138. The molecular formula is C44H52Cl4F6N8O7S2. The van der Waals surface area contributed by atoms with Gasteiger partial charge in [-0.3, -0.25) is 19.4 Å². The molecule has 0 atom stereocenters. The Morgan fingerprint density at radius 1 is 0.521 bits per heavy atom. The van der Waals surface area contributed by atoms with Gasteiger partial charge >= 0.3 is 12.4 Å². The highest BCUT2D eigenvalue weighted by Crippen LogP contribution is 2.35. The Balaban J connectivity index is 0.000000296. The maximum atomic E-state index is 13.0. The third kappa shape index (κ3) is 14.6. The average Bonchev–Trinajstić information content (AvgIpc) is 3.75. The van der Waals surface area contributed by atoms with Gasteiger partial charge in [0, 0.05) is 101 Å². The van der Waals surface area contributed by atoms with Gasteiger partial charge < -0.3 is 25.1 Å². The van der Waals surface area contributed by atoms with E-state index in [-0.39, 0.29) is 61.9 Å². The molecule has 4 aliphatic rings. The Hall–Kier alpha value is -4.14. The first-order valence-electron chi connectivity index (χ1n) is 21.4. The van der Waals surface area contributed by atoms with Gasteiger partial charge in [-0.2, -0.15) is 26.3 Å². The van der Waals surface area contributed by atoms with Crippen molar-refractivity contribution in [1.29, 1.82) is 0 Å². The average molecular weight is 1120 g/mol. The van der Waals surface area contributed by atoms with Crippen LogP contribution in [0.5, 0.6) is 0 Å². The number of sulfonamides is 2. The summed E-state index contributed by atoms with van der Waals surface area (Å²) in [5.41, 5.74) is 1.74. The fourth-order valence-corrected chi connectivity index (χ4v) is 11.0. The molecule has 392 valence electrons. The van der Waals surface area contributed by atoms with Crippen LogP contribution in [0.3, 0.4) is 0 Å². The van der Waals surface area contributed by atoms with Crippen molar-refractivity contribution in [3.63, 3.8) is 0 Å². The van der Waals surface area contributed by atoms with Crippen LogP contribution in [0.1, 0.15) is 55.8 Å². The number of hydrogen-bond donors (Lipinski definition) is 2. The van der Waals surface area contributed by atoms with E-state index >= 15 is 0 Å². The largest absolute Gasteiger partial charge is 0.416 e. The Bertz CT molecular complexity index is 2600. The molecular weight excluding hydrogens is 1070 g/mol. The number of primary sulfonamides is 2. The SMILES string of the molecule is Cl.Cl.NS(=O)(=O)c1cc2c(cc1Cl)CN(CCCN1CCN(c3cccc(C(F)(F)F)c3)CC1)C2=O.NS(=O)(=O)c1cc2c(cc1Cl)CN(CCCN1CCN(c3cccc(C(F)(F)F)c3)CC1)C2=O.O. The number of amides is 2. The van der Waals surface area contributed by atoms with E-state index in [0.717, 1.165) is 25.2 Å². The van der Waals surface area contributed by atoms with Crippen LogP contribution in [0, 0.1) is 0 Å². The van der Waals surface area contributed by atoms with Crippen molar-refractivity contribution in [1.82, 2.24) is 19.6 Å². The molecule has 2 fully saturated rings. The highest BCUT2D eigenvalue weighted by Gasteiger charge is 2.34. The molecule has 0 bridgehead atoms. The molecule has 27 heteroatoms. The first kappa shape index (κ1) is 59.4. The summed E-state index contributed by atoms with van der Waals surface area (Å²) in [6, 6.07) is 16.2. The van der Waals surface area contributed by atoms with Crippen LogP contribution >= 0.6 is 48.0 Å². The molecule has 4 aliphatic heterocycles. The first-order valence-corrected chi connectivity index (χ1v) is 25.3. The second-order valence-corrected chi connectivity index (χ2v) is 20.8. The molecule has 71 heavy (non-hydrogen) atoms. The van der Waals surface area contributed by atoms with E-state index in [9.17, 15) is 52.8 Å². The van der Waals surface area contributed by atoms with Crippen molar-refractivity contribution in [2.24, 2.45) is 10.3 Å². The van der Waals surface area contributed by atoms with Crippen LogP contribution in [0.25, 0.3) is 0 Å². The fourth-order valence-electron chi connectivity index (χ4n) is 8.73. The number of rotatable bonds is 12. The molecule has 0 unspecified atom stereocenters. The van der Waals surface area contributed by atoms with Gasteiger partial charge in [0.25, 0.3) is 11.8 Å². The second-order valence-electron chi connectivity index (χ2n) is 16.9. The predicted octanol–water partition coefficient (Wildman–Crippen LogP) is 6.37. The molecule has 15 nitrogen and oxygen atoms in total. The lowest BCUT2D eigenvalue weighted by Crippen LogP contribution is -2.47. The van der Waals surface area contributed by atoms with Gasteiger partial charge in [0.1, 0.15) is 9.79 Å². The number of halogens is 10. The maximum Gasteiger partial charge on any atom is 0.416 e. The van der Waals surface area contributed by atoms with Gasteiger partial charge in [0.15, 0.2) is 0 Å². The lowest BCUT2D eigenvalue weighted by Gasteiger charge is -2.36. The number of carbonyl (C=O) groups excluding carboxylic acids is 2. The van der Waals surface area contributed by atoms with Crippen molar-refractivity contribution < 1.29 is 58.2 Å². The minimum atomic E-state index is -4.37. The molecule has 0 saturated carbocycles. The van der Waals surface area contributed by atoms with Gasteiger partial charge in [0.2, 0.25) is 20.0 Å². The summed E-state index contributed by atoms with van der Waals surface area (Å²) in [5.74, 6) is -0.517. The van der Waals surface area contributed by atoms with Crippen LogP contribution in [-0.4, -0.2) is 132 Å². The number of benzene rings is 4. The summed E-state index contributed by atoms with van der Waals surface area (Å²) in [7, 11) is -8.06. The highest BCUT2D eigenvalue weighted by molar-refractivity contribution is 7.89. The van der Waals surface area contributed by atoms with E-state index in [1.807, 2.05) is 9.80 Å². The topological polar surface area (TPSA) is 205 Å². The van der Waals surface area contributed by atoms with Gasteiger partial charge in [-0.15, -0.1) is 24.8 Å². The zero-order valence-corrected chi connectivity index (χ0v) is 42.5. The third-order valence-electron chi connectivity index (χ3n) is 12.3. The lowest BCUT2D eigenvalue weighted by atomic mass is 10.1. The summed E-state index contributed by atoms with van der Waals surface area (Å²) >= 11 is 12.1. The van der Waals surface area contributed by atoms with Crippen LogP contribution in [-0.2, 0) is 45.5 Å². The zero-order chi connectivity index (χ0) is 49.3. The monoisotopic (exact) mass is 1120 g/mol. The molecule has 0 aliphatic carbocycles. The van der Waals surface area contributed by atoms with Crippen molar-refractivity contribution >= 4 is 91.3 Å². The number of piperazine rings is 2. The molecule has 4 aromatic rings. The van der Waals surface area contributed by atoms with E-state index in [2.05, 4.69) is 9.80 Å². The molecule has 0 radical (unpaired) electrons. The molecule has 8 rings (SSSR count). The van der Waals surface area contributed by atoms with Gasteiger partial charge in [-0.05, 0) is 97.7 Å². The first-order chi connectivity index (χ1) is 31.9. The molecule has 2 amide bonds. The quantitative estimate of drug-likeness (QED) is 0.150. The summed E-state index contributed by atoms with van der Waals surface area (Å²) in [6.07, 6.45) is -7.32. The number of hydrogen-bond acceptors (Lipinski definition) is 10. The van der Waals surface area contributed by atoms with Crippen molar-refractivity contribution in [2.45, 2.75) is 48.1 Å². The predicted molar refractivity (Wildman–Crippen MR) is 263 cm³/mol. The minimum Gasteiger partial charge on any atom is -0.412 e. The smallest absolute Gasteiger partial charge is 0.412 e. The summed E-state index contributed by atoms with van der Waals surface area (Å²) in [6.45, 7) is 8.44. The van der Waals surface area contributed by atoms with Crippen LogP contribution in [0.15, 0.2) is 82.6 Å². The van der Waals surface area contributed by atoms with Crippen LogP contribution in [0.4, 0.5) is 37.7 Å². The number of carbonyl (C=O) groups is 2. The molecule has 0 spiro atoms.